The van der Waals surface area contributed by atoms with E-state index in [1.54, 1.807) is 60.9 Å². The minimum absolute atomic E-state index is 0.0401. The van der Waals surface area contributed by atoms with Gasteiger partial charge in [-0.05, 0) is 62.2 Å². The number of aliphatic hydroxyl groups is 1. The lowest BCUT2D eigenvalue weighted by Gasteiger charge is -2.25. The Kier molecular flexibility index (Phi) is 8.45. The fraction of sp³-hybridized carbons (Fsp3) is 0.286. The normalized spacial score (nSPS) is 15.0. The molecule has 1 fully saturated rings. The topological polar surface area (TPSA) is 122 Å². The predicted molar refractivity (Wildman–Crippen MR) is 173 cm³/mol. The van der Waals surface area contributed by atoms with Crippen LogP contribution < -0.4 is 14.8 Å². The number of methoxy groups -OCH3 is 2. The minimum Gasteiger partial charge on any atom is -0.497 e. The lowest BCUT2D eigenvalue weighted by molar-refractivity contribution is -0.131. The van der Waals surface area contributed by atoms with Crippen molar-refractivity contribution in [2.45, 2.75) is 38.3 Å². The largest absolute Gasteiger partial charge is 0.497 e. The van der Waals surface area contributed by atoms with Gasteiger partial charge < -0.3 is 34.5 Å². The molecule has 0 aliphatic carbocycles. The summed E-state index contributed by atoms with van der Waals surface area (Å²) in [4.78, 5) is 23.7. The van der Waals surface area contributed by atoms with E-state index in [2.05, 4.69) is 15.3 Å². The molecule has 0 saturated carbocycles. The van der Waals surface area contributed by atoms with Gasteiger partial charge in [0.05, 0.1) is 43.4 Å². The Hall–Kier alpha value is -5.23. The Balaban J connectivity index is 1.37. The number of aromatic nitrogens is 3. The number of halogens is 2. The molecule has 1 saturated heterocycles. The molecule has 1 aliphatic rings. The molecular formula is C35H35F2N5O5. The first kappa shape index (κ1) is 31.7. The van der Waals surface area contributed by atoms with Gasteiger partial charge >= 0.3 is 0 Å². The maximum Gasteiger partial charge on any atom is 0.230 e. The van der Waals surface area contributed by atoms with Gasteiger partial charge in [0, 0.05) is 36.6 Å². The number of likely N-dealkylation sites (tertiary alicyclic amines) is 1. The Morgan fingerprint density at radius 2 is 1.74 bits per heavy atom. The van der Waals surface area contributed by atoms with Crippen molar-refractivity contribution in [1.82, 2.24) is 19.4 Å². The van der Waals surface area contributed by atoms with E-state index >= 15 is 0 Å². The number of β-amino-alcohol motifs (C(OH)–C–C–N with tert-alkyl or cyclic N) is 1. The summed E-state index contributed by atoms with van der Waals surface area (Å²) < 4.78 is 42.1. The molecular weight excluding hydrogens is 608 g/mol. The number of amides is 1. The summed E-state index contributed by atoms with van der Waals surface area (Å²) >= 11 is 0. The highest BCUT2D eigenvalue weighted by Crippen LogP contribution is 2.38. The number of hydrogen-bond acceptors (Lipinski definition) is 8. The fourth-order valence-electron chi connectivity index (χ4n) is 5.95. The van der Waals surface area contributed by atoms with Crippen LogP contribution in [0.4, 0.5) is 20.3 Å². The van der Waals surface area contributed by atoms with Gasteiger partial charge in [-0.1, -0.05) is 18.2 Å². The summed E-state index contributed by atoms with van der Waals surface area (Å²) in [7, 11) is 3.09. The Bertz CT molecular complexity index is 1940. The Morgan fingerprint density at radius 3 is 2.40 bits per heavy atom. The van der Waals surface area contributed by atoms with Crippen molar-refractivity contribution in [3.05, 3.63) is 89.6 Å². The maximum absolute atomic E-state index is 14.9. The molecule has 12 heteroatoms. The van der Waals surface area contributed by atoms with E-state index in [4.69, 9.17) is 9.47 Å². The van der Waals surface area contributed by atoms with Crippen LogP contribution in [-0.2, 0) is 11.3 Å². The fourth-order valence-corrected chi connectivity index (χ4v) is 5.95. The molecule has 47 heavy (non-hydrogen) atoms. The third-order valence-corrected chi connectivity index (χ3v) is 8.18. The van der Waals surface area contributed by atoms with Crippen LogP contribution in [0.3, 0.4) is 0 Å². The van der Waals surface area contributed by atoms with Crippen LogP contribution >= 0.6 is 0 Å². The zero-order valence-electron chi connectivity index (χ0n) is 26.4. The Labute approximate surface area is 270 Å². The van der Waals surface area contributed by atoms with E-state index in [1.165, 1.54) is 13.2 Å². The molecule has 1 unspecified atom stereocenters. The molecule has 6 rings (SSSR count). The number of carbonyl (C=O) groups excluding carboxylic acids is 1. The van der Waals surface area contributed by atoms with Gasteiger partial charge in [-0.3, -0.25) is 4.79 Å². The summed E-state index contributed by atoms with van der Waals surface area (Å²) in [6.07, 6.45) is 2.21. The highest BCUT2D eigenvalue weighted by Gasteiger charge is 2.35. The SMILES string of the molecule is COc1ccc(Cn2cc3nc(-c4c(F)cccc4F)nc(Nc4ccc(C5CCN(CC(C)(C)O)C5=O)cc4)c3c2O)c(OC)c1. The summed E-state index contributed by atoms with van der Waals surface area (Å²) in [5.41, 5.74) is 0.999. The Morgan fingerprint density at radius 1 is 1.02 bits per heavy atom. The van der Waals surface area contributed by atoms with E-state index in [-0.39, 0.29) is 53.3 Å². The van der Waals surface area contributed by atoms with Gasteiger partial charge in [0.15, 0.2) is 5.82 Å². The van der Waals surface area contributed by atoms with E-state index in [0.717, 1.165) is 23.3 Å². The summed E-state index contributed by atoms with van der Waals surface area (Å²) in [6, 6.07) is 16.0. The van der Waals surface area contributed by atoms with E-state index in [1.807, 2.05) is 18.2 Å². The zero-order valence-corrected chi connectivity index (χ0v) is 26.4. The van der Waals surface area contributed by atoms with E-state index in [9.17, 15) is 23.8 Å². The van der Waals surface area contributed by atoms with Gasteiger partial charge in [-0.25, -0.2) is 18.7 Å². The molecule has 3 aromatic carbocycles. The van der Waals surface area contributed by atoms with Crippen molar-refractivity contribution in [2.24, 2.45) is 0 Å². The molecule has 10 nitrogen and oxygen atoms in total. The summed E-state index contributed by atoms with van der Waals surface area (Å²) in [5.74, 6) is -1.11. The molecule has 3 N–H and O–H groups in total. The van der Waals surface area contributed by atoms with Crippen LogP contribution in [0.25, 0.3) is 22.3 Å². The number of aromatic hydroxyl groups is 1. The van der Waals surface area contributed by atoms with Crippen LogP contribution in [0.1, 0.15) is 37.3 Å². The number of ether oxygens (including phenoxy) is 2. The molecule has 3 heterocycles. The van der Waals surface area contributed by atoms with Gasteiger partial charge in [0.25, 0.3) is 0 Å². The number of benzene rings is 3. The second kappa shape index (κ2) is 12.5. The zero-order chi connectivity index (χ0) is 33.5. The minimum atomic E-state index is -0.989. The molecule has 1 aliphatic heterocycles. The number of nitrogens with one attached hydrogen (secondary N) is 1. The number of nitrogens with zero attached hydrogens (tertiary/aromatic N) is 4. The number of rotatable bonds is 10. The molecule has 1 amide bonds. The number of anilines is 2. The first-order valence-electron chi connectivity index (χ1n) is 15.1. The van der Waals surface area contributed by atoms with Crippen molar-refractivity contribution in [3.63, 3.8) is 0 Å². The second-order valence-corrected chi connectivity index (χ2v) is 12.2. The van der Waals surface area contributed by atoms with Gasteiger partial charge in [0.1, 0.15) is 34.3 Å². The molecule has 2 aromatic heterocycles. The van der Waals surface area contributed by atoms with Crippen molar-refractivity contribution in [2.75, 3.05) is 32.6 Å². The maximum atomic E-state index is 14.9. The molecule has 5 aromatic rings. The number of hydrogen-bond donors (Lipinski definition) is 3. The average Bonchev–Trinajstić information content (AvgIpc) is 3.54. The van der Waals surface area contributed by atoms with Crippen LogP contribution in [-0.4, -0.2) is 68.5 Å². The highest BCUT2D eigenvalue weighted by atomic mass is 19.1. The van der Waals surface area contributed by atoms with Gasteiger partial charge in [0.2, 0.25) is 11.8 Å². The molecule has 244 valence electrons. The quantitative estimate of drug-likeness (QED) is 0.170. The second-order valence-electron chi connectivity index (χ2n) is 12.2. The predicted octanol–water partition coefficient (Wildman–Crippen LogP) is 5.98. The van der Waals surface area contributed by atoms with Crippen LogP contribution in [0.2, 0.25) is 0 Å². The number of carbonyl (C=O) groups is 1. The lowest BCUT2D eigenvalue weighted by atomic mass is 9.97. The number of fused-ring (bicyclic) bond motifs is 1. The van der Waals surface area contributed by atoms with Crippen molar-refractivity contribution in [1.29, 1.82) is 0 Å². The standard InChI is InChI=1S/C35H35F2N5O5/c1-35(2,45)19-41-15-14-24(33(41)43)20-8-11-22(12-9-20)38-32-30-27(39-31(40-32)29-25(36)6-5-7-26(29)37)18-42(34(30)44)17-21-10-13-23(46-3)16-28(21)47-4/h5-13,16,18,24,44-45H,14-15,17,19H2,1-4H3,(H,38,39,40). The first-order valence-corrected chi connectivity index (χ1v) is 15.1. The highest BCUT2D eigenvalue weighted by molar-refractivity contribution is 5.97. The van der Waals surface area contributed by atoms with Crippen LogP contribution in [0.15, 0.2) is 66.9 Å². The lowest BCUT2D eigenvalue weighted by Crippen LogP contribution is -2.39. The van der Waals surface area contributed by atoms with Crippen molar-refractivity contribution >= 4 is 28.3 Å². The summed E-state index contributed by atoms with van der Waals surface area (Å²) in [6.45, 7) is 4.34. The van der Waals surface area contributed by atoms with Gasteiger partial charge in [-0.15, -0.1) is 0 Å². The molecule has 0 bridgehead atoms. The average molecular weight is 644 g/mol. The smallest absolute Gasteiger partial charge is 0.230 e. The molecule has 0 spiro atoms. The third-order valence-electron chi connectivity index (χ3n) is 8.18. The van der Waals surface area contributed by atoms with Crippen LogP contribution in [0.5, 0.6) is 17.4 Å². The van der Waals surface area contributed by atoms with Crippen molar-refractivity contribution in [3.8, 4) is 28.8 Å². The van der Waals surface area contributed by atoms with E-state index in [0.29, 0.717) is 30.2 Å². The van der Waals surface area contributed by atoms with Crippen LogP contribution in [0, 0.1) is 11.6 Å². The van der Waals surface area contributed by atoms with Crippen molar-refractivity contribution < 1.29 is 33.3 Å². The molecule has 1 atom stereocenters. The third kappa shape index (κ3) is 6.41. The molecule has 0 radical (unpaired) electrons. The monoisotopic (exact) mass is 643 g/mol. The summed E-state index contributed by atoms with van der Waals surface area (Å²) in [5, 5.41) is 25.0. The van der Waals surface area contributed by atoms with E-state index < -0.39 is 22.8 Å². The van der Waals surface area contributed by atoms with Gasteiger partial charge in [-0.2, -0.15) is 0 Å². The first-order chi connectivity index (χ1) is 22.5.